The summed E-state index contributed by atoms with van der Waals surface area (Å²) in [6, 6.07) is 0. The van der Waals surface area contributed by atoms with Gasteiger partial charge in [-0.1, -0.05) is 0 Å². The predicted molar refractivity (Wildman–Crippen MR) is 41.3 cm³/mol. The van der Waals surface area contributed by atoms with Gasteiger partial charge < -0.3 is 0 Å². The van der Waals surface area contributed by atoms with Crippen molar-refractivity contribution in [3.05, 3.63) is 11.9 Å². The highest BCUT2D eigenvalue weighted by Crippen LogP contribution is 2.16. The van der Waals surface area contributed by atoms with E-state index < -0.39 is 28.1 Å². The molecule has 14 heavy (non-hydrogen) atoms. The molecule has 0 fully saturated rings. The Kier molecular flexibility index (Phi) is 2.84. The minimum atomic E-state index is -4.88. The van der Waals surface area contributed by atoms with Crippen LogP contribution in [0.1, 0.15) is 5.69 Å². The molecule has 0 saturated carbocycles. The van der Waals surface area contributed by atoms with Gasteiger partial charge in [0.05, 0.1) is 5.69 Å². The molecule has 1 aromatic rings. The van der Waals surface area contributed by atoms with Crippen molar-refractivity contribution in [3.63, 3.8) is 0 Å². The van der Waals surface area contributed by atoms with Gasteiger partial charge in [0.2, 0.25) is 0 Å². The van der Waals surface area contributed by atoms with Crippen molar-refractivity contribution in [1.29, 1.82) is 0 Å². The van der Waals surface area contributed by atoms with E-state index in [1.54, 1.807) is 0 Å². The van der Waals surface area contributed by atoms with Gasteiger partial charge in [0.1, 0.15) is 11.4 Å². The number of aromatic nitrogens is 2. The molecule has 1 aromatic heterocycles. The molecule has 8 heteroatoms. The summed E-state index contributed by atoms with van der Waals surface area (Å²) >= 11 is 0. The summed E-state index contributed by atoms with van der Waals surface area (Å²) in [5.41, 5.74) is -0.131. The standard InChI is InChI=1S/C6H7F3N2O2S/c1-4-5(14(9,12)13)2-11(10-4)3-6(7)8/h2,6H,3H2,1H3. The van der Waals surface area contributed by atoms with E-state index in [0.717, 1.165) is 6.20 Å². The van der Waals surface area contributed by atoms with E-state index in [-0.39, 0.29) is 5.69 Å². The Hall–Kier alpha value is -1.05. The number of halogens is 3. The second-order valence-electron chi connectivity index (χ2n) is 2.63. The summed E-state index contributed by atoms with van der Waals surface area (Å²) in [5.74, 6) is 0. The van der Waals surface area contributed by atoms with Crippen molar-refractivity contribution in [2.24, 2.45) is 0 Å². The van der Waals surface area contributed by atoms with Gasteiger partial charge in [0.25, 0.3) is 6.43 Å². The molecule has 0 unspecified atom stereocenters. The van der Waals surface area contributed by atoms with Crippen molar-refractivity contribution >= 4 is 10.2 Å². The Morgan fingerprint density at radius 3 is 2.50 bits per heavy atom. The van der Waals surface area contributed by atoms with Crippen LogP contribution in [0.4, 0.5) is 12.7 Å². The third-order valence-electron chi connectivity index (χ3n) is 1.49. The molecule has 1 rings (SSSR count). The topological polar surface area (TPSA) is 52.0 Å². The van der Waals surface area contributed by atoms with E-state index in [1.807, 2.05) is 0 Å². The van der Waals surface area contributed by atoms with Gasteiger partial charge in [-0.05, 0) is 6.92 Å². The molecule has 0 aromatic carbocycles. The monoisotopic (exact) mass is 228 g/mol. The first-order chi connectivity index (χ1) is 6.30. The van der Waals surface area contributed by atoms with E-state index in [2.05, 4.69) is 5.10 Å². The van der Waals surface area contributed by atoms with Crippen molar-refractivity contribution < 1.29 is 21.1 Å². The molecule has 0 spiro atoms. The van der Waals surface area contributed by atoms with Crippen LogP contribution < -0.4 is 0 Å². The van der Waals surface area contributed by atoms with Crippen molar-refractivity contribution in [2.45, 2.75) is 24.8 Å². The predicted octanol–water partition coefficient (Wildman–Crippen LogP) is 1.11. The number of aryl methyl sites for hydroxylation is 1. The SMILES string of the molecule is Cc1nn(CC(F)F)cc1S(=O)(=O)F. The second kappa shape index (κ2) is 3.60. The van der Waals surface area contributed by atoms with Crippen LogP contribution in [-0.4, -0.2) is 24.6 Å². The molecule has 80 valence electrons. The van der Waals surface area contributed by atoms with Gasteiger partial charge in [0.15, 0.2) is 0 Å². The molecule has 0 N–H and O–H groups in total. The average molecular weight is 228 g/mol. The molecule has 0 radical (unpaired) electrons. The molecular weight excluding hydrogens is 221 g/mol. The zero-order valence-corrected chi connectivity index (χ0v) is 7.93. The number of nitrogens with zero attached hydrogens (tertiary/aromatic N) is 2. The van der Waals surface area contributed by atoms with Crippen LogP contribution in [0.25, 0.3) is 0 Å². The van der Waals surface area contributed by atoms with Crippen LogP contribution in [0.3, 0.4) is 0 Å². The van der Waals surface area contributed by atoms with Crippen LogP contribution in [0.2, 0.25) is 0 Å². The second-order valence-corrected chi connectivity index (χ2v) is 3.95. The van der Waals surface area contributed by atoms with Gasteiger partial charge in [-0.15, -0.1) is 3.89 Å². The maximum absolute atomic E-state index is 12.5. The fourth-order valence-corrected chi connectivity index (χ4v) is 1.62. The van der Waals surface area contributed by atoms with Gasteiger partial charge in [0, 0.05) is 6.20 Å². The number of alkyl halides is 2. The van der Waals surface area contributed by atoms with Crippen LogP contribution in [-0.2, 0) is 16.8 Å². The molecule has 4 nitrogen and oxygen atoms in total. The van der Waals surface area contributed by atoms with E-state index >= 15 is 0 Å². The van der Waals surface area contributed by atoms with E-state index in [9.17, 15) is 21.1 Å². The Balaban J connectivity index is 3.06. The molecule has 0 saturated heterocycles. The number of hydrogen-bond acceptors (Lipinski definition) is 3. The Morgan fingerprint density at radius 2 is 2.14 bits per heavy atom. The van der Waals surface area contributed by atoms with E-state index in [0.29, 0.717) is 4.68 Å². The zero-order valence-electron chi connectivity index (χ0n) is 7.11. The Labute approximate surface area is 78.6 Å². The lowest BCUT2D eigenvalue weighted by Crippen LogP contribution is -2.06. The molecule has 0 aliphatic carbocycles. The van der Waals surface area contributed by atoms with Crippen LogP contribution in [0, 0.1) is 6.92 Å². The molecule has 1 heterocycles. The molecule has 0 aliphatic heterocycles. The highest BCUT2D eigenvalue weighted by molar-refractivity contribution is 7.86. The quantitative estimate of drug-likeness (QED) is 0.728. The number of rotatable bonds is 3. The van der Waals surface area contributed by atoms with Crippen LogP contribution in [0.15, 0.2) is 11.1 Å². The highest BCUT2D eigenvalue weighted by atomic mass is 32.3. The smallest absolute Gasteiger partial charge is 0.265 e. The third-order valence-corrected chi connectivity index (χ3v) is 2.42. The summed E-state index contributed by atoms with van der Waals surface area (Å²) in [5, 5.41) is 3.43. The number of hydrogen-bond donors (Lipinski definition) is 0. The average Bonchev–Trinajstić information content (AvgIpc) is 2.27. The van der Waals surface area contributed by atoms with Gasteiger partial charge in [-0.3, -0.25) is 4.68 Å². The lowest BCUT2D eigenvalue weighted by atomic mass is 10.5. The van der Waals surface area contributed by atoms with Gasteiger partial charge >= 0.3 is 10.2 Å². The molecule has 0 bridgehead atoms. The minimum absolute atomic E-state index is 0.131. The summed E-state index contributed by atoms with van der Waals surface area (Å²) in [4.78, 5) is -0.668. The lowest BCUT2D eigenvalue weighted by molar-refractivity contribution is 0.121. The summed E-state index contributed by atoms with van der Waals surface area (Å²) < 4.78 is 57.8. The Bertz CT molecular complexity index is 426. The van der Waals surface area contributed by atoms with Crippen molar-refractivity contribution in [1.82, 2.24) is 9.78 Å². The summed E-state index contributed by atoms with van der Waals surface area (Å²) in [6.45, 7) is 0.477. The van der Waals surface area contributed by atoms with E-state index in [4.69, 9.17) is 0 Å². The Morgan fingerprint density at radius 1 is 1.57 bits per heavy atom. The first-order valence-corrected chi connectivity index (χ1v) is 4.96. The molecule has 0 aliphatic rings. The maximum Gasteiger partial charge on any atom is 0.335 e. The normalized spacial score (nSPS) is 12.4. The largest absolute Gasteiger partial charge is 0.335 e. The van der Waals surface area contributed by atoms with Gasteiger partial charge in [-0.25, -0.2) is 8.78 Å². The lowest BCUT2D eigenvalue weighted by Gasteiger charge is -1.97. The molecular formula is C6H7F3N2O2S. The van der Waals surface area contributed by atoms with Crippen LogP contribution >= 0.6 is 0 Å². The molecule has 0 amide bonds. The third kappa shape index (κ3) is 2.47. The van der Waals surface area contributed by atoms with Crippen molar-refractivity contribution in [3.8, 4) is 0 Å². The molecule has 0 atom stereocenters. The first kappa shape index (κ1) is 11.0. The van der Waals surface area contributed by atoms with Crippen molar-refractivity contribution in [2.75, 3.05) is 0 Å². The summed E-state index contributed by atoms with van der Waals surface area (Å²) in [7, 11) is -4.88. The maximum atomic E-state index is 12.5. The zero-order chi connectivity index (χ0) is 10.9. The van der Waals surface area contributed by atoms with Gasteiger partial charge in [-0.2, -0.15) is 13.5 Å². The fourth-order valence-electron chi connectivity index (χ4n) is 0.974. The highest BCUT2D eigenvalue weighted by Gasteiger charge is 2.19. The fraction of sp³-hybridized carbons (Fsp3) is 0.500. The van der Waals surface area contributed by atoms with E-state index in [1.165, 1.54) is 6.92 Å². The first-order valence-electron chi connectivity index (χ1n) is 3.57. The van der Waals surface area contributed by atoms with Crippen LogP contribution in [0.5, 0.6) is 0 Å². The minimum Gasteiger partial charge on any atom is -0.265 e. The summed E-state index contributed by atoms with van der Waals surface area (Å²) in [6.07, 6.45) is -1.92.